The summed E-state index contributed by atoms with van der Waals surface area (Å²) in [5, 5.41) is 7.17. The number of carbonyl (C=O) groups is 1. The molecule has 0 aromatic rings. The van der Waals surface area contributed by atoms with Crippen LogP contribution in [0, 0.1) is 5.41 Å². The lowest BCUT2D eigenvalue weighted by Gasteiger charge is -2.23. The van der Waals surface area contributed by atoms with Gasteiger partial charge in [-0.3, -0.25) is 9.69 Å². The molecule has 104 valence electrons. The second-order valence-electron chi connectivity index (χ2n) is 4.98. The lowest BCUT2D eigenvalue weighted by Crippen LogP contribution is -2.39. The molecule has 2 aliphatic rings. The van der Waals surface area contributed by atoms with Gasteiger partial charge in [-0.15, -0.1) is 0 Å². The van der Waals surface area contributed by atoms with Crippen LogP contribution in [0.15, 0.2) is 23.3 Å². The SMILES string of the molecule is N=CCN(CCN)CCN1CC2=C(C=CCC2)C1=O. The Bertz CT molecular complexity index is 414. The quantitative estimate of drug-likeness (QED) is 0.652. The first-order valence-corrected chi connectivity index (χ1v) is 6.85. The Morgan fingerprint density at radius 3 is 3.00 bits per heavy atom. The van der Waals surface area contributed by atoms with Crippen molar-refractivity contribution >= 4 is 12.1 Å². The molecule has 0 spiro atoms. The molecule has 0 saturated heterocycles. The van der Waals surface area contributed by atoms with Gasteiger partial charge in [-0.25, -0.2) is 0 Å². The highest BCUT2D eigenvalue weighted by atomic mass is 16.2. The molecule has 5 heteroatoms. The van der Waals surface area contributed by atoms with Crippen molar-refractivity contribution in [2.24, 2.45) is 5.73 Å². The van der Waals surface area contributed by atoms with Crippen molar-refractivity contribution in [3.63, 3.8) is 0 Å². The van der Waals surface area contributed by atoms with Crippen molar-refractivity contribution in [1.82, 2.24) is 9.80 Å². The Labute approximate surface area is 114 Å². The van der Waals surface area contributed by atoms with Gasteiger partial charge in [0, 0.05) is 51.1 Å². The monoisotopic (exact) mass is 262 g/mol. The van der Waals surface area contributed by atoms with Gasteiger partial charge in [-0.05, 0) is 18.4 Å². The molecular weight excluding hydrogens is 240 g/mol. The summed E-state index contributed by atoms with van der Waals surface area (Å²) in [5.41, 5.74) is 7.74. The number of rotatable bonds is 7. The van der Waals surface area contributed by atoms with E-state index in [2.05, 4.69) is 11.0 Å². The smallest absolute Gasteiger partial charge is 0.254 e. The molecule has 1 heterocycles. The summed E-state index contributed by atoms with van der Waals surface area (Å²) in [7, 11) is 0. The van der Waals surface area contributed by atoms with E-state index in [0.717, 1.165) is 38.0 Å². The van der Waals surface area contributed by atoms with Crippen LogP contribution in [0.3, 0.4) is 0 Å². The number of hydrogen-bond donors (Lipinski definition) is 2. The van der Waals surface area contributed by atoms with E-state index in [0.29, 0.717) is 19.6 Å². The molecular formula is C14H22N4O. The van der Waals surface area contributed by atoms with Crippen molar-refractivity contribution in [3.05, 3.63) is 23.3 Å². The van der Waals surface area contributed by atoms with Crippen LogP contribution >= 0.6 is 0 Å². The third-order valence-electron chi connectivity index (χ3n) is 3.66. The zero-order valence-electron chi connectivity index (χ0n) is 11.3. The Hall–Kier alpha value is -1.46. The molecule has 1 aliphatic carbocycles. The predicted octanol–water partition coefficient (Wildman–Crippen LogP) is 0.385. The molecule has 0 saturated carbocycles. The highest BCUT2D eigenvalue weighted by Gasteiger charge is 2.29. The molecule has 0 atom stereocenters. The zero-order chi connectivity index (χ0) is 13.7. The van der Waals surface area contributed by atoms with E-state index in [1.165, 1.54) is 11.8 Å². The molecule has 1 aliphatic heterocycles. The highest BCUT2D eigenvalue weighted by Crippen LogP contribution is 2.27. The minimum Gasteiger partial charge on any atom is -0.333 e. The Kier molecular flexibility index (Phi) is 4.87. The first-order valence-electron chi connectivity index (χ1n) is 6.85. The number of amides is 1. The number of allylic oxidation sites excluding steroid dienone is 1. The molecule has 1 amide bonds. The maximum absolute atomic E-state index is 12.2. The van der Waals surface area contributed by atoms with E-state index >= 15 is 0 Å². The predicted molar refractivity (Wildman–Crippen MR) is 76.3 cm³/mol. The fraction of sp³-hybridized carbons (Fsp3) is 0.571. The van der Waals surface area contributed by atoms with E-state index in [9.17, 15) is 4.79 Å². The van der Waals surface area contributed by atoms with Crippen LogP contribution in [-0.4, -0.2) is 61.2 Å². The molecule has 0 bridgehead atoms. The summed E-state index contributed by atoms with van der Waals surface area (Å²) in [6.45, 7) is 4.23. The largest absolute Gasteiger partial charge is 0.333 e. The Balaban J connectivity index is 1.86. The summed E-state index contributed by atoms with van der Waals surface area (Å²) >= 11 is 0. The number of nitrogens with two attached hydrogens (primary N) is 1. The topological polar surface area (TPSA) is 73.4 Å². The minimum absolute atomic E-state index is 0.161. The van der Waals surface area contributed by atoms with E-state index in [-0.39, 0.29) is 5.91 Å². The number of carbonyl (C=O) groups excluding carboxylic acids is 1. The average Bonchev–Trinajstić information content (AvgIpc) is 2.74. The molecule has 2 rings (SSSR count). The molecule has 3 N–H and O–H groups in total. The fourth-order valence-electron chi connectivity index (χ4n) is 2.62. The Morgan fingerprint density at radius 1 is 1.47 bits per heavy atom. The molecule has 0 aromatic heterocycles. The van der Waals surface area contributed by atoms with Crippen LogP contribution < -0.4 is 5.73 Å². The van der Waals surface area contributed by atoms with E-state index in [1.807, 2.05) is 11.0 Å². The summed E-state index contributed by atoms with van der Waals surface area (Å²) in [6, 6.07) is 0. The first kappa shape index (κ1) is 14.0. The molecule has 5 nitrogen and oxygen atoms in total. The molecule has 0 radical (unpaired) electrons. The standard InChI is InChI=1S/C14H22N4O/c15-5-7-17(8-6-16)9-10-18-11-12-3-1-2-4-13(12)14(18)19/h2,4-5,15H,1,3,6-11,16H2. The lowest BCUT2D eigenvalue weighted by atomic mass is 10.0. The maximum Gasteiger partial charge on any atom is 0.254 e. The van der Waals surface area contributed by atoms with Crippen LogP contribution in [0.5, 0.6) is 0 Å². The van der Waals surface area contributed by atoms with Gasteiger partial charge in [0.2, 0.25) is 0 Å². The summed E-state index contributed by atoms with van der Waals surface area (Å²) in [5.74, 6) is 0.161. The second kappa shape index (κ2) is 6.63. The number of hydrogen-bond acceptors (Lipinski definition) is 4. The summed E-state index contributed by atoms with van der Waals surface area (Å²) in [6.07, 6.45) is 7.49. The van der Waals surface area contributed by atoms with Crippen LogP contribution in [-0.2, 0) is 4.79 Å². The van der Waals surface area contributed by atoms with Crippen LogP contribution in [0.25, 0.3) is 0 Å². The first-order chi connectivity index (χ1) is 9.26. The van der Waals surface area contributed by atoms with Crippen molar-refractivity contribution in [2.45, 2.75) is 12.8 Å². The van der Waals surface area contributed by atoms with E-state index in [4.69, 9.17) is 11.1 Å². The molecule has 19 heavy (non-hydrogen) atoms. The van der Waals surface area contributed by atoms with Crippen molar-refractivity contribution < 1.29 is 4.79 Å². The third-order valence-corrected chi connectivity index (χ3v) is 3.66. The lowest BCUT2D eigenvalue weighted by molar-refractivity contribution is -0.125. The van der Waals surface area contributed by atoms with Gasteiger partial charge in [-0.1, -0.05) is 12.2 Å². The van der Waals surface area contributed by atoms with Gasteiger partial charge in [0.05, 0.1) is 0 Å². The fourth-order valence-corrected chi connectivity index (χ4v) is 2.62. The minimum atomic E-state index is 0.161. The van der Waals surface area contributed by atoms with Crippen LogP contribution in [0.1, 0.15) is 12.8 Å². The third kappa shape index (κ3) is 3.30. The van der Waals surface area contributed by atoms with Gasteiger partial charge in [0.25, 0.3) is 5.91 Å². The molecule has 0 aromatic carbocycles. The summed E-state index contributed by atoms with van der Waals surface area (Å²) < 4.78 is 0. The summed E-state index contributed by atoms with van der Waals surface area (Å²) in [4.78, 5) is 16.2. The van der Waals surface area contributed by atoms with Gasteiger partial charge < -0.3 is 16.0 Å². The molecule has 0 unspecified atom stereocenters. The van der Waals surface area contributed by atoms with E-state index in [1.54, 1.807) is 0 Å². The van der Waals surface area contributed by atoms with E-state index < -0.39 is 0 Å². The normalized spacial score (nSPS) is 18.4. The Morgan fingerprint density at radius 2 is 2.32 bits per heavy atom. The van der Waals surface area contributed by atoms with Gasteiger partial charge >= 0.3 is 0 Å². The van der Waals surface area contributed by atoms with Gasteiger partial charge in [-0.2, -0.15) is 0 Å². The second-order valence-corrected chi connectivity index (χ2v) is 4.98. The average molecular weight is 262 g/mol. The maximum atomic E-state index is 12.2. The van der Waals surface area contributed by atoms with Crippen molar-refractivity contribution in [2.75, 3.05) is 39.3 Å². The number of nitrogens with one attached hydrogen (secondary N) is 1. The van der Waals surface area contributed by atoms with Crippen molar-refractivity contribution in [3.8, 4) is 0 Å². The van der Waals surface area contributed by atoms with Crippen LogP contribution in [0.2, 0.25) is 0 Å². The van der Waals surface area contributed by atoms with Gasteiger partial charge in [0.1, 0.15) is 0 Å². The van der Waals surface area contributed by atoms with Gasteiger partial charge in [0.15, 0.2) is 0 Å². The highest BCUT2D eigenvalue weighted by molar-refractivity contribution is 6.00. The van der Waals surface area contributed by atoms with Crippen molar-refractivity contribution in [1.29, 1.82) is 5.41 Å². The molecule has 0 fully saturated rings. The zero-order valence-corrected chi connectivity index (χ0v) is 11.3. The number of nitrogens with zero attached hydrogens (tertiary/aromatic N) is 2. The van der Waals surface area contributed by atoms with Crippen LogP contribution in [0.4, 0.5) is 0 Å².